The van der Waals surface area contributed by atoms with E-state index in [-0.39, 0.29) is 33.0 Å². The van der Waals surface area contributed by atoms with Crippen molar-refractivity contribution in [1.29, 1.82) is 0 Å². The molecule has 2 N–H and O–H groups in total. The molecule has 3 aromatic rings. The zero-order valence-corrected chi connectivity index (χ0v) is 38.3. The van der Waals surface area contributed by atoms with Gasteiger partial charge in [-0.25, -0.2) is 9.59 Å². The third-order valence-corrected chi connectivity index (χ3v) is 12.7. The number of aliphatic hydroxyl groups excluding tert-OH is 2. The molecular formula is C54H76O7. The molecule has 0 amide bonds. The summed E-state index contributed by atoms with van der Waals surface area (Å²) in [5.41, 5.74) is 9.11. The molecule has 0 saturated heterocycles. The summed E-state index contributed by atoms with van der Waals surface area (Å²) in [5.74, 6) is 1.42. The van der Waals surface area contributed by atoms with Gasteiger partial charge < -0.3 is 24.4 Å². The quantitative estimate of drug-likeness (QED) is 0.0448. The van der Waals surface area contributed by atoms with E-state index >= 15 is 0 Å². The fraction of sp³-hybridized carbons (Fsp3) is 0.556. The number of carbonyl (C=O) groups is 2. The van der Waals surface area contributed by atoms with E-state index in [0.29, 0.717) is 54.9 Å². The van der Waals surface area contributed by atoms with Gasteiger partial charge in [-0.3, -0.25) is 0 Å². The molecule has 0 bridgehead atoms. The molecule has 0 aromatic heterocycles. The Morgan fingerprint density at radius 1 is 0.672 bits per heavy atom. The van der Waals surface area contributed by atoms with Crippen LogP contribution in [0.3, 0.4) is 0 Å². The van der Waals surface area contributed by atoms with Crippen molar-refractivity contribution in [2.45, 2.75) is 150 Å². The van der Waals surface area contributed by atoms with E-state index < -0.39 is 17.4 Å². The van der Waals surface area contributed by atoms with Crippen molar-refractivity contribution in [1.82, 2.24) is 0 Å². The zero-order valence-electron chi connectivity index (χ0n) is 38.3. The highest BCUT2D eigenvalue weighted by molar-refractivity contribution is 5.87. The molecule has 7 nitrogen and oxygen atoms in total. The normalized spacial score (nSPS) is 15.3. The molecule has 1 aliphatic carbocycles. The van der Waals surface area contributed by atoms with Crippen LogP contribution in [0.15, 0.2) is 78.9 Å². The van der Waals surface area contributed by atoms with E-state index in [9.17, 15) is 19.8 Å². The molecular weight excluding hydrogens is 761 g/mol. The maximum Gasteiger partial charge on any atom is 0.333 e. The Labute approximate surface area is 368 Å². The van der Waals surface area contributed by atoms with Crippen molar-refractivity contribution in [3.63, 3.8) is 0 Å². The highest BCUT2D eigenvalue weighted by atomic mass is 16.5. The van der Waals surface area contributed by atoms with Crippen LogP contribution in [0.25, 0.3) is 22.3 Å². The number of ether oxygens (including phenoxy) is 3. The first kappa shape index (κ1) is 49.5. The van der Waals surface area contributed by atoms with Crippen LogP contribution in [0, 0.1) is 11.3 Å². The Morgan fingerprint density at radius 3 is 1.74 bits per heavy atom. The van der Waals surface area contributed by atoms with Gasteiger partial charge in [0.2, 0.25) is 0 Å². The molecule has 1 fully saturated rings. The number of carbonyl (C=O) groups excluding carboxylic acids is 2. The Hall–Kier alpha value is -4.20. The number of hydrogen-bond donors (Lipinski definition) is 2. The van der Waals surface area contributed by atoms with Crippen LogP contribution < -0.4 is 4.74 Å². The molecule has 0 atom stereocenters. The van der Waals surface area contributed by atoms with Gasteiger partial charge >= 0.3 is 11.9 Å². The molecule has 334 valence electrons. The Morgan fingerprint density at radius 2 is 1.21 bits per heavy atom. The lowest BCUT2D eigenvalue weighted by Crippen LogP contribution is -2.36. The number of unbranched alkanes of at least 4 members (excludes halogenated alkanes) is 4. The average molecular weight is 837 g/mol. The summed E-state index contributed by atoms with van der Waals surface area (Å²) >= 11 is 0. The van der Waals surface area contributed by atoms with Gasteiger partial charge in [0.1, 0.15) is 5.75 Å². The first-order chi connectivity index (χ1) is 29.5. The number of hydrogen-bond acceptors (Lipinski definition) is 7. The minimum absolute atomic E-state index is 0.145. The van der Waals surface area contributed by atoms with Crippen LogP contribution in [0.1, 0.15) is 153 Å². The van der Waals surface area contributed by atoms with Crippen molar-refractivity contribution in [3.8, 4) is 28.0 Å². The summed E-state index contributed by atoms with van der Waals surface area (Å²) in [4.78, 5) is 24.5. The van der Waals surface area contributed by atoms with E-state index in [4.69, 9.17) is 14.2 Å². The molecule has 1 saturated carbocycles. The van der Waals surface area contributed by atoms with Crippen LogP contribution in [0.4, 0.5) is 0 Å². The molecule has 4 rings (SSSR count). The first-order valence-corrected chi connectivity index (χ1v) is 23.4. The number of benzene rings is 3. The van der Waals surface area contributed by atoms with Gasteiger partial charge in [-0.15, -0.1) is 0 Å². The van der Waals surface area contributed by atoms with Crippen molar-refractivity contribution in [2.75, 3.05) is 33.0 Å². The second kappa shape index (κ2) is 25.7. The predicted molar refractivity (Wildman–Crippen MR) is 250 cm³/mol. The van der Waals surface area contributed by atoms with Gasteiger partial charge in [0, 0.05) is 11.1 Å². The van der Waals surface area contributed by atoms with Crippen LogP contribution in [0.5, 0.6) is 5.75 Å². The highest BCUT2D eigenvalue weighted by Crippen LogP contribution is 2.40. The van der Waals surface area contributed by atoms with E-state index in [1.54, 1.807) is 13.8 Å². The van der Waals surface area contributed by atoms with Gasteiger partial charge in [0.25, 0.3) is 0 Å². The Kier molecular flexibility index (Phi) is 20.8. The Balaban J connectivity index is 1.67. The third kappa shape index (κ3) is 15.0. The molecule has 61 heavy (non-hydrogen) atoms. The SMILES string of the molecule is C=C(C)C(=O)OCCCc1cc(-c2ccc(-c3ccc(C4CCC(CCCCC)CC4)cc3)cc2CC)cc(CCCOC(=O)C(=C)C)c1OCC(CO)(CO)CCCCC. The molecule has 0 unspecified atom stereocenters. The summed E-state index contributed by atoms with van der Waals surface area (Å²) in [6.45, 7) is 17.5. The first-order valence-electron chi connectivity index (χ1n) is 23.4. The van der Waals surface area contributed by atoms with Gasteiger partial charge in [0.15, 0.2) is 0 Å². The van der Waals surface area contributed by atoms with Gasteiger partial charge in [0.05, 0.1) is 38.4 Å². The second-order valence-corrected chi connectivity index (χ2v) is 17.8. The lowest BCUT2D eigenvalue weighted by molar-refractivity contribution is -0.139. The summed E-state index contributed by atoms with van der Waals surface area (Å²) < 4.78 is 17.7. The maximum atomic E-state index is 12.2. The highest BCUT2D eigenvalue weighted by Gasteiger charge is 2.31. The average Bonchev–Trinajstić information content (AvgIpc) is 3.28. The molecule has 0 radical (unpaired) electrons. The van der Waals surface area contributed by atoms with Crippen molar-refractivity contribution in [2.24, 2.45) is 11.3 Å². The topological polar surface area (TPSA) is 102 Å². The van der Waals surface area contributed by atoms with E-state index in [1.807, 2.05) is 0 Å². The summed E-state index contributed by atoms with van der Waals surface area (Å²) in [7, 11) is 0. The van der Waals surface area contributed by atoms with Crippen molar-refractivity contribution >= 4 is 11.9 Å². The molecule has 0 spiro atoms. The summed E-state index contributed by atoms with van der Waals surface area (Å²) in [5, 5.41) is 21.1. The smallest absolute Gasteiger partial charge is 0.333 e. The van der Waals surface area contributed by atoms with Crippen LogP contribution >= 0.6 is 0 Å². The number of esters is 2. The van der Waals surface area contributed by atoms with Crippen LogP contribution in [0.2, 0.25) is 0 Å². The number of aryl methyl sites for hydroxylation is 3. The van der Waals surface area contributed by atoms with E-state index in [0.717, 1.165) is 53.9 Å². The fourth-order valence-corrected chi connectivity index (χ4v) is 8.68. The third-order valence-electron chi connectivity index (χ3n) is 12.7. The second-order valence-electron chi connectivity index (χ2n) is 17.8. The standard InChI is InChI=1S/C54H76O7/c1-8-11-13-17-41-20-22-43(23-21-41)44-24-26-45(27-25-44)46-28-29-50(42(10-3)33-46)49-34-47(18-15-31-59-52(57)39(4)5)51(48(35-49)19-16-32-60-53(58)40(6)7)61-38-54(36-55,37-56)30-14-12-9-2/h24-29,33-35,41,43,55-56H,4,6,8-23,30-32,36-38H2,1-3,5,7H3. The Bertz CT molecular complexity index is 1790. The van der Waals surface area contributed by atoms with Gasteiger partial charge in [-0.05, 0) is 147 Å². The number of rotatable bonds is 27. The maximum absolute atomic E-state index is 12.2. The summed E-state index contributed by atoms with van der Waals surface area (Å²) in [6, 6.07) is 20.4. The minimum Gasteiger partial charge on any atom is -0.492 e. The lowest BCUT2D eigenvalue weighted by atomic mass is 9.77. The van der Waals surface area contributed by atoms with Crippen LogP contribution in [-0.2, 0) is 38.3 Å². The predicted octanol–water partition coefficient (Wildman–Crippen LogP) is 12.5. The zero-order chi connectivity index (χ0) is 44.2. The largest absolute Gasteiger partial charge is 0.492 e. The van der Waals surface area contributed by atoms with Gasteiger partial charge in [-0.1, -0.05) is 121 Å². The summed E-state index contributed by atoms with van der Waals surface area (Å²) in [6.07, 6.45) is 17.4. The molecule has 3 aromatic carbocycles. The van der Waals surface area contributed by atoms with E-state index in [2.05, 4.69) is 88.5 Å². The monoisotopic (exact) mass is 837 g/mol. The minimum atomic E-state index is -0.798. The van der Waals surface area contributed by atoms with Crippen LogP contribution in [-0.4, -0.2) is 55.2 Å². The van der Waals surface area contributed by atoms with Crippen molar-refractivity contribution in [3.05, 3.63) is 101 Å². The molecule has 7 heteroatoms. The van der Waals surface area contributed by atoms with Crippen molar-refractivity contribution < 1.29 is 34.0 Å². The lowest BCUT2D eigenvalue weighted by Gasteiger charge is -2.31. The van der Waals surface area contributed by atoms with E-state index in [1.165, 1.54) is 73.6 Å². The fourth-order valence-electron chi connectivity index (χ4n) is 8.68. The molecule has 0 aliphatic heterocycles. The molecule has 0 heterocycles. The number of aliphatic hydroxyl groups is 2. The molecule has 1 aliphatic rings. The van der Waals surface area contributed by atoms with Gasteiger partial charge in [-0.2, -0.15) is 0 Å².